The Balaban J connectivity index is 1.32. The smallest absolute Gasteiger partial charge is 0.413 e. The van der Waals surface area contributed by atoms with Gasteiger partial charge in [0.25, 0.3) is 0 Å². The maximum atomic E-state index is 13.0. The fourth-order valence-electron chi connectivity index (χ4n) is 6.93. The molecule has 188 valence electrons. The summed E-state index contributed by atoms with van der Waals surface area (Å²) in [5.41, 5.74) is 0.496. The van der Waals surface area contributed by atoms with Crippen molar-refractivity contribution in [2.75, 3.05) is 13.6 Å². The summed E-state index contributed by atoms with van der Waals surface area (Å²) in [5, 5.41) is 24.1. The highest BCUT2D eigenvalue weighted by molar-refractivity contribution is 5.90. The zero-order valence-electron chi connectivity index (χ0n) is 19.9. The van der Waals surface area contributed by atoms with Crippen molar-refractivity contribution in [2.24, 2.45) is 0 Å². The number of carbonyl (C=O) groups is 3. The van der Waals surface area contributed by atoms with Crippen LogP contribution in [-0.4, -0.2) is 70.3 Å². The van der Waals surface area contributed by atoms with Crippen LogP contribution in [0.15, 0.2) is 42.5 Å². The number of amides is 1. The van der Waals surface area contributed by atoms with Crippen molar-refractivity contribution < 1.29 is 34.1 Å². The predicted octanol–water partition coefficient (Wildman–Crippen LogP) is 1.82. The standard InChI is InChI=1S/C27H28N2O7/c1-29-12-11-26-21-16-7-8-19(22(21)36-23(26)18(30)9-10-27(26,34)20(29)14-16)35-25(33)28-17(24(31)32)13-15-5-3-2-4-6-15/h2-8,17,20,23,34H,9-14H2,1H3,(H,28,33)(H,31,32)/t17-,20-,23+,26?,27-/m1/s1. The number of likely N-dealkylation sites (N-methyl/N-ethyl adjacent to an activating group) is 1. The number of Topliss-reactive ketones (excluding diaryl/α,β-unsaturated/α-hetero) is 1. The van der Waals surface area contributed by atoms with Gasteiger partial charge in [0.15, 0.2) is 23.4 Å². The van der Waals surface area contributed by atoms with E-state index in [4.69, 9.17) is 9.47 Å². The fraction of sp³-hybridized carbons (Fsp3) is 0.444. The van der Waals surface area contributed by atoms with Crippen LogP contribution in [0, 0.1) is 0 Å². The molecule has 6 rings (SSSR count). The molecule has 5 atom stereocenters. The number of likely N-dealkylation sites (tertiary alicyclic amines) is 1. The number of benzene rings is 2. The molecule has 2 heterocycles. The maximum absolute atomic E-state index is 13.0. The van der Waals surface area contributed by atoms with Gasteiger partial charge in [-0.2, -0.15) is 0 Å². The fourth-order valence-corrected chi connectivity index (χ4v) is 6.93. The number of nitrogens with one attached hydrogen (secondary N) is 1. The van der Waals surface area contributed by atoms with Crippen molar-refractivity contribution in [3.8, 4) is 11.5 Å². The summed E-state index contributed by atoms with van der Waals surface area (Å²) in [5.74, 6) is -0.818. The van der Waals surface area contributed by atoms with Crippen LogP contribution in [0.4, 0.5) is 4.79 Å². The Morgan fingerprint density at radius 2 is 2.00 bits per heavy atom. The van der Waals surface area contributed by atoms with Gasteiger partial charge < -0.3 is 29.9 Å². The number of ketones is 1. The van der Waals surface area contributed by atoms with Gasteiger partial charge in [-0.15, -0.1) is 0 Å². The summed E-state index contributed by atoms with van der Waals surface area (Å²) in [7, 11) is 2.00. The summed E-state index contributed by atoms with van der Waals surface area (Å²) in [6, 6.07) is 11.2. The summed E-state index contributed by atoms with van der Waals surface area (Å²) in [6.07, 6.45) is 0.0915. The van der Waals surface area contributed by atoms with Crippen molar-refractivity contribution >= 4 is 17.8 Å². The monoisotopic (exact) mass is 492 g/mol. The zero-order valence-corrected chi connectivity index (χ0v) is 19.9. The number of aliphatic hydroxyl groups is 1. The zero-order chi connectivity index (χ0) is 25.2. The van der Waals surface area contributed by atoms with Crippen LogP contribution in [0.5, 0.6) is 11.5 Å². The topological polar surface area (TPSA) is 125 Å². The molecular weight excluding hydrogens is 464 g/mol. The van der Waals surface area contributed by atoms with E-state index in [1.54, 1.807) is 30.3 Å². The van der Waals surface area contributed by atoms with Crippen LogP contribution in [0.3, 0.4) is 0 Å². The first-order chi connectivity index (χ1) is 17.2. The molecule has 0 aromatic heterocycles. The van der Waals surface area contributed by atoms with E-state index in [-0.39, 0.29) is 30.4 Å². The van der Waals surface area contributed by atoms with Gasteiger partial charge in [-0.3, -0.25) is 4.79 Å². The lowest BCUT2D eigenvalue weighted by molar-refractivity contribution is -0.185. The molecule has 1 saturated carbocycles. The quantitative estimate of drug-likeness (QED) is 0.577. The van der Waals surface area contributed by atoms with Crippen molar-refractivity contribution in [3.63, 3.8) is 0 Å². The molecular formula is C27H28N2O7. The van der Waals surface area contributed by atoms with Gasteiger partial charge in [0.1, 0.15) is 6.04 Å². The number of ether oxygens (including phenoxy) is 2. The Morgan fingerprint density at radius 1 is 1.22 bits per heavy atom. The van der Waals surface area contributed by atoms with Crippen LogP contribution in [0.1, 0.15) is 36.0 Å². The number of piperidine rings is 1. The van der Waals surface area contributed by atoms with E-state index < -0.39 is 35.2 Å². The van der Waals surface area contributed by atoms with E-state index in [0.717, 1.165) is 16.7 Å². The van der Waals surface area contributed by atoms with Gasteiger partial charge in [0.2, 0.25) is 0 Å². The molecule has 2 aromatic carbocycles. The molecule has 1 saturated heterocycles. The summed E-state index contributed by atoms with van der Waals surface area (Å²) in [4.78, 5) is 39.8. The second-order valence-electron chi connectivity index (χ2n) is 10.4. The van der Waals surface area contributed by atoms with Gasteiger partial charge in [-0.05, 0) is 50.0 Å². The first kappa shape index (κ1) is 23.0. The van der Waals surface area contributed by atoms with E-state index in [2.05, 4.69) is 10.2 Å². The number of carboxylic acids is 1. The molecule has 1 amide bonds. The molecule has 1 unspecified atom stereocenters. The first-order valence-corrected chi connectivity index (χ1v) is 12.3. The molecule has 9 nitrogen and oxygen atoms in total. The highest BCUT2D eigenvalue weighted by atomic mass is 16.6. The lowest BCUT2D eigenvalue weighted by Crippen LogP contribution is -2.76. The minimum Gasteiger partial charge on any atom is -0.480 e. The molecule has 2 fully saturated rings. The van der Waals surface area contributed by atoms with E-state index in [0.29, 0.717) is 31.6 Å². The normalized spacial score (nSPS) is 30.7. The van der Waals surface area contributed by atoms with Crippen LogP contribution in [0.2, 0.25) is 0 Å². The van der Waals surface area contributed by atoms with Crippen molar-refractivity contribution in [1.82, 2.24) is 10.2 Å². The van der Waals surface area contributed by atoms with E-state index in [1.165, 1.54) is 0 Å². The minimum atomic E-state index is -1.19. The van der Waals surface area contributed by atoms with Gasteiger partial charge in [0, 0.05) is 24.4 Å². The Morgan fingerprint density at radius 3 is 2.75 bits per heavy atom. The summed E-state index contributed by atoms with van der Waals surface area (Å²) < 4.78 is 11.8. The van der Waals surface area contributed by atoms with Crippen LogP contribution in [0.25, 0.3) is 0 Å². The molecule has 2 aliphatic heterocycles. The SMILES string of the molecule is CN1CCC23c4c5ccc(OC(=O)N[C@H](Cc6ccccc6)C(=O)O)c4O[C@H]2C(=O)CC[C@@]3(O)[C@H]1C5. The van der Waals surface area contributed by atoms with Crippen LogP contribution < -0.4 is 14.8 Å². The number of carbonyl (C=O) groups excluding carboxylic acids is 2. The Hall–Kier alpha value is -3.43. The number of rotatable bonds is 5. The first-order valence-electron chi connectivity index (χ1n) is 12.3. The lowest BCUT2D eigenvalue weighted by atomic mass is 9.49. The molecule has 0 radical (unpaired) electrons. The molecule has 36 heavy (non-hydrogen) atoms. The maximum Gasteiger partial charge on any atom is 0.413 e. The second-order valence-corrected chi connectivity index (χ2v) is 10.4. The number of nitrogens with zero attached hydrogens (tertiary/aromatic N) is 1. The van der Waals surface area contributed by atoms with Crippen molar-refractivity contribution in [1.29, 1.82) is 0 Å². The van der Waals surface area contributed by atoms with E-state index in [1.807, 2.05) is 19.2 Å². The Kier molecular flexibility index (Phi) is 5.14. The third-order valence-corrected chi connectivity index (χ3v) is 8.59. The highest BCUT2D eigenvalue weighted by Crippen LogP contribution is 2.64. The van der Waals surface area contributed by atoms with Gasteiger partial charge >= 0.3 is 12.1 Å². The van der Waals surface area contributed by atoms with E-state index >= 15 is 0 Å². The van der Waals surface area contributed by atoms with Gasteiger partial charge in [-0.1, -0.05) is 36.4 Å². The molecule has 2 aliphatic carbocycles. The molecule has 4 aliphatic rings. The number of hydrogen-bond donors (Lipinski definition) is 3. The van der Waals surface area contributed by atoms with Gasteiger partial charge in [0.05, 0.1) is 11.0 Å². The second kappa shape index (κ2) is 8.04. The van der Waals surface area contributed by atoms with Crippen LogP contribution in [-0.2, 0) is 27.8 Å². The average molecular weight is 493 g/mol. The molecule has 2 bridgehead atoms. The third kappa shape index (κ3) is 3.12. The Bertz CT molecular complexity index is 1260. The molecule has 3 N–H and O–H groups in total. The Labute approximate surface area is 208 Å². The lowest BCUT2D eigenvalue weighted by Gasteiger charge is -2.61. The number of aliphatic carboxylic acids is 1. The average Bonchev–Trinajstić information content (AvgIpc) is 3.21. The van der Waals surface area contributed by atoms with E-state index in [9.17, 15) is 24.6 Å². The largest absolute Gasteiger partial charge is 0.480 e. The number of carboxylic acid groups (broad SMARTS) is 1. The molecule has 9 heteroatoms. The van der Waals surface area contributed by atoms with Crippen molar-refractivity contribution in [2.45, 2.75) is 61.3 Å². The number of hydrogen-bond acceptors (Lipinski definition) is 7. The minimum absolute atomic E-state index is 0.0590. The van der Waals surface area contributed by atoms with Crippen molar-refractivity contribution in [3.05, 3.63) is 59.2 Å². The predicted molar refractivity (Wildman–Crippen MR) is 127 cm³/mol. The summed E-state index contributed by atoms with van der Waals surface area (Å²) >= 11 is 0. The molecule has 2 aromatic rings. The third-order valence-electron chi connectivity index (χ3n) is 8.59. The van der Waals surface area contributed by atoms with Crippen LogP contribution >= 0.6 is 0 Å². The molecule has 1 spiro atoms. The van der Waals surface area contributed by atoms with Gasteiger partial charge in [-0.25, -0.2) is 9.59 Å². The highest BCUT2D eigenvalue weighted by Gasteiger charge is 2.72. The summed E-state index contributed by atoms with van der Waals surface area (Å²) in [6.45, 7) is 0.713.